The standard InChI is InChI=1S/C20H26FN5OS/c1-5-24(6-2)12-13-25(19(27)16-10-11-22-26(16)14(3)4)20-23-18-15(21)8-7-9-17(18)28-20/h7-11,14H,5-6,12-13H2,1-4H3. The van der Waals surface area contributed by atoms with Crippen LogP contribution in [0.1, 0.15) is 44.2 Å². The van der Waals surface area contributed by atoms with Gasteiger partial charge < -0.3 is 4.90 Å². The lowest BCUT2D eigenvalue weighted by molar-refractivity contribution is 0.0971. The Balaban J connectivity index is 1.99. The van der Waals surface area contributed by atoms with Crippen LogP contribution in [0.15, 0.2) is 30.5 Å². The molecule has 1 amide bonds. The third-order valence-corrected chi connectivity index (χ3v) is 5.79. The fraction of sp³-hybridized carbons (Fsp3) is 0.450. The van der Waals surface area contributed by atoms with E-state index in [1.807, 2.05) is 19.9 Å². The number of hydrogen-bond acceptors (Lipinski definition) is 5. The van der Waals surface area contributed by atoms with E-state index in [4.69, 9.17) is 0 Å². The highest BCUT2D eigenvalue weighted by Gasteiger charge is 2.25. The Kier molecular flexibility index (Phi) is 6.41. The number of rotatable bonds is 8. The van der Waals surface area contributed by atoms with Gasteiger partial charge >= 0.3 is 0 Å². The average molecular weight is 404 g/mol. The molecule has 0 unspecified atom stereocenters. The smallest absolute Gasteiger partial charge is 0.278 e. The number of likely N-dealkylation sites (N-methyl/N-ethyl adjacent to an activating group) is 1. The average Bonchev–Trinajstić information content (AvgIpc) is 3.32. The monoisotopic (exact) mass is 403 g/mol. The quantitative estimate of drug-likeness (QED) is 0.566. The molecule has 0 radical (unpaired) electrons. The summed E-state index contributed by atoms with van der Waals surface area (Å²) in [6.07, 6.45) is 1.63. The Morgan fingerprint density at radius 3 is 2.61 bits per heavy atom. The molecule has 0 saturated heterocycles. The van der Waals surface area contributed by atoms with Crippen molar-refractivity contribution in [1.29, 1.82) is 0 Å². The molecule has 2 heterocycles. The highest BCUT2D eigenvalue weighted by atomic mass is 32.1. The molecule has 0 atom stereocenters. The second-order valence-electron chi connectivity index (χ2n) is 6.82. The van der Waals surface area contributed by atoms with Crippen molar-refractivity contribution < 1.29 is 9.18 Å². The van der Waals surface area contributed by atoms with Crippen molar-refractivity contribution in [3.05, 3.63) is 42.0 Å². The van der Waals surface area contributed by atoms with Crippen LogP contribution in [0.3, 0.4) is 0 Å². The molecule has 2 aromatic heterocycles. The van der Waals surface area contributed by atoms with Gasteiger partial charge in [0.2, 0.25) is 0 Å². The third kappa shape index (κ3) is 4.07. The summed E-state index contributed by atoms with van der Waals surface area (Å²) in [6, 6.07) is 6.66. The van der Waals surface area contributed by atoms with Gasteiger partial charge in [0, 0.05) is 25.3 Å². The first-order chi connectivity index (χ1) is 13.5. The zero-order valence-electron chi connectivity index (χ0n) is 16.7. The maximum absolute atomic E-state index is 14.1. The Morgan fingerprint density at radius 1 is 1.21 bits per heavy atom. The van der Waals surface area contributed by atoms with E-state index < -0.39 is 0 Å². The number of nitrogens with zero attached hydrogens (tertiary/aromatic N) is 5. The second-order valence-corrected chi connectivity index (χ2v) is 7.83. The van der Waals surface area contributed by atoms with Crippen LogP contribution >= 0.6 is 11.3 Å². The number of aromatic nitrogens is 3. The van der Waals surface area contributed by atoms with E-state index in [1.165, 1.54) is 17.4 Å². The summed E-state index contributed by atoms with van der Waals surface area (Å²) in [5, 5.41) is 4.79. The maximum atomic E-state index is 14.1. The lowest BCUT2D eigenvalue weighted by atomic mass is 10.3. The summed E-state index contributed by atoms with van der Waals surface area (Å²) in [5.41, 5.74) is 0.815. The number of benzene rings is 1. The molecule has 0 bridgehead atoms. The van der Waals surface area contributed by atoms with Crippen molar-refractivity contribution in [2.24, 2.45) is 0 Å². The number of thiazole rings is 1. The summed E-state index contributed by atoms with van der Waals surface area (Å²) in [5.74, 6) is -0.541. The summed E-state index contributed by atoms with van der Waals surface area (Å²) in [6.45, 7) is 11.1. The first-order valence-electron chi connectivity index (χ1n) is 9.59. The Hall–Kier alpha value is -2.32. The van der Waals surface area contributed by atoms with Crippen molar-refractivity contribution in [2.45, 2.75) is 33.7 Å². The van der Waals surface area contributed by atoms with Gasteiger partial charge in [-0.05, 0) is 45.1 Å². The van der Waals surface area contributed by atoms with E-state index >= 15 is 0 Å². The van der Waals surface area contributed by atoms with Gasteiger partial charge in [-0.15, -0.1) is 0 Å². The van der Waals surface area contributed by atoms with Gasteiger partial charge in [-0.1, -0.05) is 31.3 Å². The van der Waals surface area contributed by atoms with Gasteiger partial charge in [0.05, 0.1) is 4.70 Å². The van der Waals surface area contributed by atoms with Crippen LogP contribution in [-0.4, -0.2) is 51.8 Å². The number of para-hydroxylation sites is 1. The number of carbonyl (C=O) groups is 1. The van der Waals surface area contributed by atoms with Crippen molar-refractivity contribution in [3.63, 3.8) is 0 Å². The molecule has 150 valence electrons. The zero-order valence-corrected chi connectivity index (χ0v) is 17.5. The minimum absolute atomic E-state index is 0.0615. The minimum atomic E-state index is -0.372. The molecule has 3 aromatic rings. The Bertz CT molecular complexity index is 947. The van der Waals surface area contributed by atoms with Crippen molar-refractivity contribution >= 4 is 32.6 Å². The highest BCUT2D eigenvalue weighted by molar-refractivity contribution is 7.22. The van der Waals surface area contributed by atoms with E-state index in [0.29, 0.717) is 29.4 Å². The molecule has 0 aliphatic heterocycles. The van der Waals surface area contributed by atoms with Crippen LogP contribution in [0.25, 0.3) is 10.2 Å². The number of anilines is 1. The molecule has 0 saturated carbocycles. The van der Waals surface area contributed by atoms with Gasteiger partial charge in [-0.2, -0.15) is 5.10 Å². The highest BCUT2D eigenvalue weighted by Crippen LogP contribution is 2.31. The van der Waals surface area contributed by atoms with Gasteiger partial charge in [0.25, 0.3) is 5.91 Å². The van der Waals surface area contributed by atoms with Gasteiger partial charge in [0.15, 0.2) is 5.13 Å². The largest absolute Gasteiger partial charge is 0.302 e. The lowest BCUT2D eigenvalue weighted by Gasteiger charge is -2.25. The SMILES string of the molecule is CCN(CC)CCN(C(=O)c1ccnn1C(C)C)c1nc2c(F)cccc2s1. The summed E-state index contributed by atoms with van der Waals surface area (Å²) in [7, 11) is 0. The Morgan fingerprint density at radius 2 is 1.96 bits per heavy atom. The summed E-state index contributed by atoms with van der Waals surface area (Å²) < 4.78 is 16.6. The van der Waals surface area contributed by atoms with Crippen LogP contribution in [0.5, 0.6) is 0 Å². The third-order valence-electron chi connectivity index (χ3n) is 4.75. The van der Waals surface area contributed by atoms with E-state index in [2.05, 4.69) is 28.8 Å². The van der Waals surface area contributed by atoms with Gasteiger partial charge in [-0.3, -0.25) is 14.4 Å². The molecule has 0 fully saturated rings. The Labute approximate surface area is 168 Å². The van der Waals surface area contributed by atoms with Crippen molar-refractivity contribution in [3.8, 4) is 0 Å². The van der Waals surface area contributed by atoms with Crippen LogP contribution in [-0.2, 0) is 0 Å². The molecule has 28 heavy (non-hydrogen) atoms. The van der Waals surface area contributed by atoms with Gasteiger partial charge in [-0.25, -0.2) is 9.37 Å². The molecule has 0 aliphatic rings. The second kappa shape index (κ2) is 8.79. The predicted molar refractivity (Wildman–Crippen MR) is 112 cm³/mol. The maximum Gasteiger partial charge on any atom is 0.278 e. The molecule has 6 nitrogen and oxygen atoms in total. The van der Waals surface area contributed by atoms with E-state index in [-0.39, 0.29) is 17.8 Å². The van der Waals surface area contributed by atoms with Gasteiger partial charge in [0.1, 0.15) is 17.0 Å². The topological polar surface area (TPSA) is 54.3 Å². The van der Waals surface area contributed by atoms with Crippen molar-refractivity contribution in [1.82, 2.24) is 19.7 Å². The minimum Gasteiger partial charge on any atom is -0.302 e. The number of carbonyl (C=O) groups excluding carboxylic acids is 1. The van der Waals surface area contributed by atoms with E-state index in [1.54, 1.807) is 27.9 Å². The molecular formula is C20H26FN5OS. The molecule has 0 spiro atoms. The number of hydrogen-bond donors (Lipinski definition) is 0. The predicted octanol–water partition coefficient (Wildman–Crippen LogP) is 4.20. The normalized spacial score (nSPS) is 11.7. The summed E-state index contributed by atoms with van der Waals surface area (Å²) >= 11 is 1.33. The van der Waals surface area contributed by atoms with Crippen LogP contribution < -0.4 is 4.90 Å². The lowest BCUT2D eigenvalue weighted by Crippen LogP contribution is -2.39. The van der Waals surface area contributed by atoms with Crippen LogP contribution in [0.2, 0.25) is 0 Å². The number of halogens is 1. The van der Waals surface area contributed by atoms with Crippen molar-refractivity contribution in [2.75, 3.05) is 31.1 Å². The molecular weight excluding hydrogens is 377 g/mol. The molecule has 0 N–H and O–H groups in total. The van der Waals surface area contributed by atoms with Crippen LogP contribution in [0, 0.1) is 5.82 Å². The zero-order chi connectivity index (χ0) is 20.3. The van der Waals surface area contributed by atoms with Crippen LogP contribution in [0.4, 0.5) is 9.52 Å². The number of amides is 1. The van der Waals surface area contributed by atoms with E-state index in [9.17, 15) is 9.18 Å². The molecule has 0 aliphatic carbocycles. The summed E-state index contributed by atoms with van der Waals surface area (Å²) in [4.78, 5) is 21.7. The fourth-order valence-corrected chi connectivity index (χ4v) is 4.12. The molecule has 8 heteroatoms. The first kappa shape index (κ1) is 20.4. The fourth-order valence-electron chi connectivity index (χ4n) is 3.12. The van der Waals surface area contributed by atoms with E-state index in [0.717, 1.165) is 17.8 Å². The number of fused-ring (bicyclic) bond motifs is 1. The first-order valence-corrected chi connectivity index (χ1v) is 10.4. The molecule has 3 rings (SSSR count). The molecule has 1 aromatic carbocycles.